The van der Waals surface area contributed by atoms with E-state index in [-0.39, 0.29) is 24.4 Å². The molecule has 1 atom stereocenters. The summed E-state index contributed by atoms with van der Waals surface area (Å²) in [5, 5.41) is 6.41. The number of carbonyl (C=O) groups excluding carboxylic acids is 1. The average molecular weight is 359 g/mol. The Morgan fingerprint density at radius 1 is 1.04 bits per heavy atom. The van der Waals surface area contributed by atoms with Crippen molar-refractivity contribution in [1.29, 1.82) is 0 Å². The van der Waals surface area contributed by atoms with Crippen LogP contribution >= 0.6 is 12.4 Å². The Kier molecular flexibility index (Phi) is 6.63. The Morgan fingerprint density at radius 2 is 1.72 bits per heavy atom. The molecule has 25 heavy (non-hydrogen) atoms. The minimum absolute atomic E-state index is 0. The van der Waals surface area contributed by atoms with Gasteiger partial charge in [0.25, 0.3) is 5.91 Å². The molecule has 0 saturated heterocycles. The molecule has 0 spiro atoms. The van der Waals surface area contributed by atoms with Gasteiger partial charge in [-0.05, 0) is 53.6 Å². The maximum atomic E-state index is 12.5. The predicted octanol–water partition coefficient (Wildman–Crippen LogP) is 4.40. The summed E-state index contributed by atoms with van der Waals surface area (Å²) >= 11 is 0. The van der Waals surface area contributed by atoms with Crippen molar-refractivity contribution in [3.05, 3.63) is 70.3 Å². The molecule has 0 aromatic heterocycles. The number of nitrogens with one attached hydrogen (secondary N) is 2. The molecule has 3 rings (SSSR count). The molecule has 0 fully saturated rings. The van der Waals surface area contributed by atoms with Crippen molar-refractivity contribution >= 4 is 18.3 Å². The van der Waals surface area contributed by atoms with Crippen LogP contribution in [-0.4, -0.2) is 5.91 Å². The third-order valence-electron chi connectivity index (χ3n) is 4.57. The van der Waals surface area contributed by atoms with E-state index in [9.17, 15) is 4.79 Å². The normalized spacial score (nSPS) is 13.9. The van der Waals surface area contributed by atoms with Gasteiger partial charge in [0.15, 0.2) is 0 Å². The number of carbonyl (C=O) groups is 1. The topological polar surface area (TPSA) is 41.1 Å². The van der Waals surface area contributed by atoms with Gasteiger partial charge >= 0.3 is 0 Å². The van der Waals surface area contributed by atoms with Crippen LogP contribution in [-0.2, 0) is 19.5 Å². The van der Waals surface area contributed by atoms with Crippen LogP contribution in [0.15, 0.2) is 42.5 Å². The summed E-state index contributed by atoms with van der Waals surface area (Å²) in [6.07, 6.45) is 1.09. The number of rotatable bonds is 5. The van der Waals surface area contributed by atoms with Crippen LogP contribution < -0.4 is 10.6 Å². The summed E-state index contributed by atoms with van der Waals surface area (Å²) in [6, 6.07) is 14.5. The first-order chi connectivity index (χ1) is 11.5. The largest absolute Gasteiger partial charge is 0.346 e. The molecule has 0 saturated carbocycles. The molecule has 1 unspecified atom stereocenters. The minimum Gasteiger partial charge on any atom is -0.346 e. The van der Waals surface area contributed by atoms with Gasteiger partial charge in [-0.2, -0.15) is 0 Å². The van der Waals surface area contributed by atoms with Crippen molar-refractivity contribution in [2.45, 2.75) is 46.3 Å². The van der Waals surface area contributed by atoms with Crippen LogP contribution in [0.3, 0.4) is 0 Å². The standard InChI is InChI=1S/C21H26N2O.ClH/c1-14(2)10-16-4-6-17(7-5-16)15(3)23-21(24)18-8-9-19-12-22-13-20(19)11-18;/h4-9,11,14-15,22H,10,12-13H2,1-3H3,(H,23,24);1H. The Balaban J connectivity index is 0.00000225. The second-order valence-electron chi connectivity index (χ2n) is 7.12. The summed E-state index contributed by atoms with van der Waals surface area (Å²) in [4.78, 5) is 12.5. The zero-order valence-corrected chi connectivity index (χ0v) is 16.0. The van der Waals surface area contributed by atoms with Gasteiger partial charge in [-0.15, -0.1) is 12.4 Å². The van der Waals surface area contributed by atoms with Crippen LogP contribution in [0.1, 0.15) is 59.4 Å². The number of amides is 1. The second kappa shape index (κ2) is 8.50. The highest BCUT2D eigenvalue weighted by Gasteiger charge is 2.15. The van der Waals surface area contributed by atoms with Crippen LogP contribution in [0.25, 0.3) is 0 Å². The molecule has 4 heteroatoms. The molecule has 0 aliphatic carbocycles. The third-order valence-corrected chi connectivity index (χ3v) is 4.57. The molecule has 2 aromatic rings. The number of halogens is 1. The molecule has 2 aromatic carbocycles. The highest BCUT2D eigenvalue weighted by Crippen LogP contribution is 2.19. The lowest BCUT2D eigenvalue weighted by atomic mass is 9.99. The molecule has 1 heterocycles. The van der Waals surface area contributed by atoms with Crippen molar-refractivity contribution in [3.63, 3.8) is 0 Å². The van der Waals surface area contributed by atoms with Crippen molar-refractivity contribution in [2.75, 3.05) is 0 Å². The van der Waals surface area contributed by atoms with E-state index in [1.807, 2.05) is 19.1 Å². The number of benzene rings is 2. The van der Waals surface area contributed by atoms with Crippen molar-refractivity contribution < 1.29 is 4.79 Å². The first-order valence-corrected chi connectivity index (χ1v) is 8.75. The van der Waals surface area contributed by atoms with Crippen LogP contribution in [0.4, 0.5) is 0 Å². The molecular weight excluding hydrogens is 332 g/mol. The van der Waals surface area contributed by atoms with E-state index in [1.165, 1.54) is 16.7 Å². The van der Waals surface area contributed by atoms with E-state index in [4.69, 9.17) is 0 Å². The smallest absolute Gasteiger partial charge is 0.251 e. The number of fused-ring (bicyclic) bond motifs is 1. The van der Waals surface area contributed by atoms with E-state index in [1.54, 1.807) is 0 Å². The van der Waals surface area contributed by atoms with Crippen LogP contribution in [0.5, 0.6) is 0 Å². The van der Waals surface area contributed by atoms with Gasteiger partial charge in [-0.1, -0.05) is 44.2 Å². The van der Waals surface area contributed by atoms with Gasteiger partial charge in [0.2, 0.25) is 0 Å². The van der Waals surface area contributed by atoms with Gasteiger partial charge in [0.1, 0.15) is 0 Å². The summed E-state index contributed by atoms with van der Waals surface area (Å²) in [7, 11) is 0. The Labute approximate surface area is 156 Å². The lowest BCUT2D eigenvalue weighted by Gasteiger charge is -2.16. The van der Waals surface area contributed by atoms with Crippen molar-refractivity contribution in [1.82, 2.24) is 10.6 Å². The first kappa shape index (κ1) is 19.5. The Morgan fingerprint density at radius 3 is 2.40 bits per heavy atom. The van der Waals surface area contributed by atoms with Crippen LogP contribution in [0.2, 0.25) is 0 Å². The number of hydrogen-bond acceptors (Lipinski definition) is 2. The summed E-state index contributed by atoms with van der Waals surface area (Å²) in [6.45, 7) is 8.23. The maximum Gasteiger partial charge on any atom is 0.251 e. The van der Waals surface area contributed by atoms with Gasteiger partial charge < -0.3 is 10.6 Å². The Hall–Kier alpha value is -1.84. The monoisotopic (exact) mass is 358 g/mol. The van der Waals surface area contributed by atoms with Gasteiger partial charge in [0.05, 0.1) is 6.04 Å². The van der Waals surface area contributed by atoms with E-state index < -0.39 is 0 Å². The van der Waals surface area contributed by atoms with Crippen LogP contribution in [0, 0.1) is 5.92 Å². The molecular formula is C21H27ClN2O. The van der Waals surface area contributed by atoms with Gasteiger partial charge in [0, 0.05) is 18.7 Å². The fourth-order valence-corrected chi connectivity index (χ4v) is 3.21. The third kappa shape index (κ3) is 4.83. The molecule has 1 amide bonds. The second-order valence-corrected chi connectivity index (χ2v) is 7.12. The van der Waals surface area contributed by atoms with Crippen molar-refractivity contribution in [2.24, 2.45) is 5.92 Å². The minimum atomic E-state index is -0.0107. The average Bonchev–Trinajstić information content (AvgIpc) is 3.02. The highest BCUT2D eigenvalue weighted by atomic mass is 35.5. The lowest BCUT2D eigenvalue weighted by molar-refractivity contribution is 0.0940. The number of hydrogen-bond donors (Lipinski definition) is 2. The molecule has 1 aliphatic rings. The zero-order chi connectivity index (χ0) is 17.1. The molecule has 1 aliphatic heterocycles. The fourth-order valence-electron chi connectivity index (χ4n) is 3.21. The summed E-state index contributed by atoms with van der Waals surface area (Å²) < 4.78 is 0. The van der Waals surface area contributed by atoms with Gasteiger partial charge in [-0.3, -0.25) is 4.79 Å². The highest BCUT2D eigenvalue weighted by molar-refractivity contribution is 5.94. The van der Waals surface area contributed by atoms with E-state index in [0.29, 0.717) is 5.92 Å². The summed E-state index contributed by atoms with van der Waals surface area (Å²) in [5.41, 5.74) is 5.74. The van der Waals surface area contributed by atoms with Crippen molar-refractivity contribution in [3.8, 4) is 0 Å². The predicted molar refractivity (Wildman–Crippen MR) is 105 cm³/mol. The van der Waals surface area contributed by atoms with E-state index in [2.05, 4.69) is 54.8 Å². The zero-order valence-electron chi connectivity index (χ0n) is 15.1. The van der Waals surface area contributed by atoms with Gasteiger partial charge in [-0.25, -0.2) is 0 Å². The molecule has 0 bridgehead atoms. The van der Waals surface area contributed by atoms with E-state index in [0.717, 1.165) is 30.6 Å². The molecule has 3 nitrogen and oxygen atoms in total. The Bertz CT molecular complexity index is 725. The fraction of sp³-hybridized carbons (Fsp3) is 0.381. The van der Waals surface area contributed by atoms with E-state index >= 15 is 0 Å². The lowest BCUT2D eigenvalue weighted by Crippen LogP contribution is -2.26. The maximum absolute atomic E-state index is 12.5. The summed E-state index contributed by atoms with van der Waals surface area (Å²) in [5.74, 6) is 0.644. The first-order valence-electron chi connectivity index (χ1n) is 8.75. The quantitative estimate of drug-likeness (QED) is 0.831. The molecule has 0 radical (unpaired) electrons. The molecule has 2 N–H and O–H groups in total. The SMILES string of the molecule is CC(C)Cc1ccc(C(C)NC(=O)c2ccc3c(c2)CNC3)cc1.Cl. The molecule has 134 valence electrons.